The summed E-state index contributed by atoms with van der Waals surface area (Å²) in [5, 5.41) is 17.2. The lowest BCUT2D eigenvalue weighted by molar-refractivity contribution is -0.419. The minimum absolute atomic E-state index is 0.0176. The molecule has 0 rings (SSSR count). The first kappa shape index (κ1) is 11.0. The smallest absolute Gasteiger partial charge is 0.279 e. The molecule has 4 nitrogen and oxygen atoms in total. The SMILES string of the molecule is C/C(C=N)=C/C(=C(\C)Br)[N+](=O)[O-]. The highest BCUT2D eigenvalue weighted by Gasteiger charge is 2.09. The topological polar surface area (TPSA) is 67.0 Å². The van der Waals surface area contributed by atoms with Crippen molar-refractivity contribution in [3.05, 3.63) is 31.9 Å². The Morgan fingerprint density at radius 1 is 1.58 bits per heavy atom. The van der Waals surface area contributed by atoms with Gasteiger partial charge in [0.15, 0.2) is 0 Å². The first-order valence-electron chi connectivity index (χ1n) is 3.18. The van der Waals surface area contributed by atoms with E-state index >= 15 is 0 Å². The number of nitrogens with zero attached hydrogens (tertiary/aromatic N) is 1. The van der Waals surface area contributed by atoms with Crippen LogP contribution in [0.25, 0.3) is 0 Å². The first-order chi connectivity index (χ1) is 5.49. The summed E-state index contributed by atoms with van der Waals surface area (Å²) in [7, 11) is 0. The molecule has 0 aliphatic carbocycles. The average molecular weight is 233 g/mol. The molecule has 0 aromatic heterocycles. The number of nitrogens with one attached hydrogen (secondary N) is 1. The van der Waals surface area contributed by atoms with Gasteiger partial charge in [-0.2, -0.15) is 0 Å². The second-order valence-electron chi connectivity index (χ2n) is 2.21. The largest absolute Gasteiger partial charge is 0.308 e. The Balaban J connectivity index is 4.94. The fourth-order valence-corrected chi connectivity index (χ4v) is 0.795. The summed E-state index contributed by atoms with van der Waals surface area (Å²) in [6.07, 6.45) is 2.41. The summed E-state index contributed by atoms with van der Waals surface area (Å²) in [6, 6.07) is 0. The molecule has 1 N–H and O–H groups in total. The Hall–Kier alpha value is -0.970. The van der Waals surface area contributed by atoms with Crippen LogP contribution in [0, 0.1) is 15.5 Å². The summed E-state index contributed by atoms with van der Waals surface area (Å²) >= 11 is 3.02. The lowest BCUT2D eigenvalue weighted by Gasteiger charge is -1.93. The molecule has 0 saturated carbocycles. The van der Waals surface area contributed by atoms with Crippen molar-refractivity contribution in [2.75, 3.05) is 0 Å². The lowest BCUT2D eigenvalue weighted by Crippen LogP contribution is -1.97. The quantitative estimate of drug-likeness (QED) is 0.352. The van der Waals surface area contributed by atoms with Crippen LogP contribution in [0.5, 0.6) is 0 Å². The zero-order valence-corrected chi connectivity index (χ0v) is 8.38. The standard InChI is InChI=1S/C7H9BrN2O2/c1-5(4-9)3-7(6(2)8)10(11)12/h3-4,9H,1-2H3/b5-3-,7-6-,9-4?. The van der Waals surface area contributed by atoms with Gasteiger partial charge in [-0.3, -0.25) is 10.1 Å². The third kappa shape index (κ3) is 3.43. The summed E-state index contributed by atoms with van der Waals surface area (Å²) in [5.74, 6) is 0. The van der Waals surface area contributed by atoms with Crippen molar-refractivity contribution in [3.8, 4) is 0 Å². The van der Waals surface area contributed by atoms with Crippen molar-refractivity contribution in [2.24, 2.45) is 0 Å². The van der Waals surface area contributed by atoms with Crippen molar-refractivity contribution in [2.45, 2.75) is 13.8 Å². The Morgan fingerprint density at radius 3 is 2.33 bits per heavy atom. The predicted octanol–water partition coefficient (Wildman–Crippen LogP) is 2.49. The molecule has 0 radical (unpaired) electrons. The molecule has 0 atom stereocenters. The maximum Gasteiger partial charge on any atom is 0.279 e. The van der Waals surface area contributed by atoms with Crippen molar-refractivity contribution >= 4 is 22.1 Å². The maximum absolute atomic E-state index is 10.4. The van der Waals surface area contributed by atoms with Gasteiger partial charge in [0.2, 0.25) is 0 Å². The highest BCUT2D eigenvalue weighted by molar-refractivity contribution is 9.11. The second-order valence-corrected chi connectivity index (χ2v) is 3.40. The van der Waals surface area contributed by atoms with Gasteiger partial charge in [0, 0.05) is 12.3 Å². The molecule has 0 fully saturated rings. The van der Waals surface area contributed by atoms with E-state index in [1.54, 1.807) is 13.8 Å². The van der Waals surface area contributed by atoms with Gasteiger partial charge in [-0.25, -0.2) is 0 Å². The second kappa shape index (κ2) is 4.82. The molecule has 66 valence electrons. The number of nitro groups is 1. The maximum atomic E-state index is 10.4. The molecule has 12 heavy (non-hydrogen) atoms. The number of hydrogen-bond donors (Lipinski definition) is 1. The summed E-state index contributed by atoms with van der Waals surface area (Å²) in [4.78, 5) is 9.90. The van der Waals surface area contributed by atoms with Gasteiger partial charge in [0.25, 0.3) is 5.70 Å². The van der Waals surface area contributed by atoms with Crippen LogP contribution in [0.4, 0.5) is 0 Å². The summed E-state index contributed by atoms with van der Waals surface area (Å²) in [5.41, 5.74) is 0.525. The molecule has 0 saturated heterocycles. The molecule has 0 aromatic carbocycles. The minimum atomic E-state index is -0.489. The molecule has 0 bridgehead atoms. The molecule has 0 aliphatic heterocycles. The van der Waals surface area contributed by atoms with E-state index in [1.807, 2.05) is 0 Å². The number of halogens is 1. The van der Waals surface area contributed by atoms with Crippen LogP contribution in [-0.4, -0.2) is 11.1 Å². The molecule has 0 heterocycles. The molecule has 0 aromatic rings. The zero-order chi connectivity index (χ0) is 9.72. The number of hydrogen-bond acceptors (Lipinski definition) is 3. The van der Waals surface area contributed by atoms with Crippen LogP contribution in [0.1, 0.15) is 13.8 Å². The van der Waals surface area contributed by atoms with Crippen LogP contribution in [0.2, 0.25) is 0 Å². The number of rotatable bonds is 3. The zero-order valence-electron chi connectivity index (χ0n) is 6.80. The highest BCUT2D eigenvalue weighted by Crippen LogP contribution is 2.13. The third-order valence-electron chi connectivity index (χ3n) is 1.14. The molecule has 5 heteroatoms. The third-order valence-corrected chi connectivity index (χ3v) is 1.55. The Bertz CT molecular complexity index is 265. The van der Waals surface area contributed by atoms with E-state index in [1.165, 1.54) is 6.08 Å². The van der Waals surface area contributed by atoms with E-state index in [0.29, 0.717) is 10.1 Å². The van der Waals surface area contributed by atoms with Crippen LogP contribution in [0.3, 0.4) is 0 Å². The number of allylic oxidation sites excluding steroid dienone is 3. The molecule has 0 aliphatic rings. The van der Waals surface area contributed by atoms with Gasteiger partial charge in [-0.15, -0.1) is 0 Å². The van der Waals surface area contributed by atoms with Crippen molar-refractivity contribution < 1.29 is 4.92 Å². The van der Waals surface area contributed by atoms with Crippen LogP contribution >= 0.6 is 15.9 Å². The van der Waals surface area contributed by atoms with E-state index in [0.717, 1.165) is 6.21 Å². The van der Waals surface area contributed by atoms with Gasteiger partial charge >= 0.3 is 0 Å². The normalized spacial score (nSPS) is 13.8. The van der Waals surface area contributed by atoms with E-state index < -0.39 is 4.92 Å². The Labute approximate surface area is 78.8 Å². The summed E-state index contributed by atoms with van der Waals surface area (Å²) < 4.78 is 0.453. The molecular formula is C7H9BrN2O2. The Morgan fingerprint density at radius 2 is 2.08 bits per heavy atom. The van der Waals surface area contributed by atoms with E-state index in [4.69, 9.17) is 5.41 Å². The van der Waals surface area contributed by atoms with Gasteiger partial charge < -0.3 is 5.41 Å². The van der Waals surface area contributed by atoms with E-state index in [2.05, 4.69) is 15.9 Å². The van der Waals surface area contributed by atoms with Gasteiger partial charge in [-0.05, 0) is 35.4 Å². The first-order valence-corrected chi connectivity index (χ1v) is 3.98. The van der Waals surface area contributed by atoms with E-state index in [-0.39, 0.29) is 5.70 Å². The molecule has 0 unspecified atom stereocenters. The van der Waals surface area contributed by atoms with Crippen LogP contribution in [0.15, 0.2) is 21.8 Å². The van der Waals surface area contributed by atoms with Crippen molar-refractivity contribution in [1.82, 2.24) is 0 Å². The average Bonchev–Trinajstić information content (AvgIpc) is 1.98. The van der Waals surface area contributed by atoms with E-state index in [9.17, 15) is 10.1 Å². The molecule has 0 amide bonds. The van der Waals surface area contributed by atoms with Crippen molar-refractivity contribution in [3.63, 3.8) is 0 Å². The Kier molecular flexibility index (Phi) is 4.43. The van der Waals surface area contributed by atoms with Gasteiger partial charge in [0.05, 0.1) is 9.41 Å². The van der Waals surface area contributed by atoms with Crippen LogP contribution < -0.4 is 0 Å². The van der Waals surface area contributed by atoms with Crippen LogP contribution in [-0.2, 0) is 0 Å². The highest BCUT2D eigenvalue weighted by atomic mass is 79.9. The van der Waals surface area contributed by atoms with Gasteiger partial charge in [0.1, 0.15) is 0 Å². The van der Waals surface area contributed by atoms with Crippen molar-refractivity contribution in [1.29, 1.82) is 5.41 Å². The van der Waals surface area contributed by atoms with Gasteiger partial charge in [-0.1, -0.05) is 0 Å². The summed E-state index contributed by atoms with van der Waals surface area (Å²) in [6.45, 7) is 3.22. The minimum Gasteiger partial charge on any atom is -0.308 e. The lowest BCUT2D eigenvalue weighted by atomic mass is 10.2. The fourth-order valence-electron chi connectivity index (χ4n) is 0.535. The predicted molar refractivity (Wildman–Crippen MR) is 51.2 cm³/mol. The molecule has 0 spiro atoms. The fraction of sp³-hybridized carbons (Fsp3) is 0.286. The monoisotopic (exact) mass is 232 g/mol. The molecular weight excluding hydrogens is 224 g/mol.